The Labute approximate surface area is 189 Å². The van der Waals surface area contributed by atoms with E-state index in [9.17, 15) is 4.79 Å². The standard InChI is InChI=1S/C24H30N2O3.BrH/c1-3-28-21-13-9-19(10-14-21)23(27)18-26(24-8-6-5-7-17-25-24)20-11-15-22(16-12-20)29-4-2;/h9-16H,3-8,17-18H2,1-2H3;1H. The van der Waals surface area contributed by atoms with Crippen LogP contribution in [0.5, 0.6) is 11.5 Å². The molecular formula is C24H31BrN2O3. The first kappa shape index (κ1) is 23.9. The van der Waals surface area contributed by atoms with Crippen LogP contribution in [-0.2, 0) is 0 Å². The Morgan fingerprint density at radius 2 is 1.50 bits per heavy atom. The highest BCUT2D eigenvalue weighted by molar-refractivity contribution is 8.93. The van der Waals surface area contributed by atoms with E-state index in [-0.39, 0.29) is 29.3 Å². The van der Waals surface area contributed by atoms with E-state index in [1.54, 1.807) is 0 Å². The number of Topliss-reactive ketones (excluding diaryl/α,β-unsaturated/α-hetero) is 1. The Balaban J connectivity index is 0.00000320. The summed E-state index contributed by atoms with van der Waals surface area (Å²) in [7, 11) is 0. The Morgan fingerprint density at radius 1 is 0.900 bits per heavy atom. The van der Waals surface area contributed by atoms with Gasteiger partial charge in [0.15, 0.2) is 5.78 Å². The van der Waals surface area contributed by atoms with Gasteiger partial charge in [-0.2, -0.15) is 0 Å². The van der Waals surface area contributed by atoms with Gasteiger partial charge in [-0.15, -0.1) is 17.0 Å². The van der Waals surface area contributed by atoms with Crippen LogP contribution in [0, 0.1) is 0 Å². The fraction of sp³-hybridized carbons (Fsp3) is 0.417. The number of rotatable bonds is 8. The highest BCUT2D eigenvalue weighted by Crippen LogP contribution is 2.23. The van der Waals surface area contributed by atoms with Crippen LogP contribution in [0.3, 0.4) is 0 Å². The van der Waals surface area contributed by atoms with Gasteiger partial charge in [0.1, 0.15) is 17.3 Å². The van der Waals surface area contributed by atoms with Gasteiger partial charge in [-0.1, -0.05) is 6.42 Å². The van der Waals surface area contributed by atoms with Crippen molar-refractivity contribution in [3.63, 3.8) is 0 Å². The summed E-state index contributed by atoms with van der Waals surface area (Å²) in [4.78, 5) is 19.9. The molecule has 0 aromatic heterocycles. The minimum atomic E-state index is 0. The molecule has 3 rings (SSSR count). The van der Waals surface area contributed by atoms with Crippen LogP contribution in [0.25, 0.3) is 0 Å². The van der Waals surface area contributed by atoms with E-state index in [0.717, 1.165) is 48.8 Å². The molecule has 2 aromatic rings. The topological polar surface area (TPSA) is 51.1 Å². The molecule has 0 aliphatic carbocycles. The number of amidine groups is 1. The molecule has 5 nitrogen and oxygen atoms in total. The molecule has 1 heterocycles. The maximum atomic E-state index is 13.0. The SMILES string of the molecule is Br.CCOc1ccc(C(=O)CN(C2=NCCCCC2)c2ccc(OCC)cc2)cc1. The number of aliphatic imine (C=N–C) groups is 1. The Bertz CT molecular complexity index is 819. The predicted molar refractivity (Wildman–Crippen MR) is 128 cm³/mol. The van der Waals surface area contributed by atoms with Crippen molar-refractivity contribution in [3.05, 3.63) is 54.1 Å². The van der Waals surface area contributed by atoms with Gasteiger partial charge in [0.2, 0.25) is 0 Å². The van der Waals surface area contributed by atoms with Crippen molar-refractivity contribution >= 4 is 34.3 Å². The first-order chi connectivity index (χ1) is 14.2. The van der Waals surface area contributed by atoms with E-state index in [0.29, 0.717) is 18.8 Å². The lowest BCUT2D eigenvalue weighted by Gasteiger charge is -2.26. The summed E-state index contributed by atoms with van der Waals surface area (Å²) < 4.78 is 11.0. The molecule has 0 fully saturated rings. The lowest BCUT2D eigenvalue weighted by Crippen LogP contribution is -2.36. The van der Waals surface area contributed by atoms with E-state index < -0.39 is 0 Å². The molecule has 1 aliphatic rings. The predicted octanol–water partition coefficient (Wildman–Crippen LogP) is 5.72. The second-order valence-electron chi connectivity index (χ2n) is 7.00. The monoisotopic (exact) mass is 474 g/mol. The molecule has 2 aromatic carbocycles. The van der Waals surface area contributed by atoms with Gasteiger partial charge >= 0.3 is 0 Å². The summed E-state index contributed by atoms with van der Waals surface area (Å²) >= 11 is 0. The van der Waals surface area contributed by atoms with Crippen LogP contribution in [0.2, 0.25) is 0 Å². The number of anilines is 1. The minimum Gasteiger partial charge on any atom is -0.494 e. The number of benzene rings is 2. The second-order valence-corrected chi connectivity index (χ2v) is 7.00. The molecule has 6 heteroatoms. The normalized spacial score (nSPS) is 13.5. The fourth-order valence-electron chi connectivity index (χ4n) is 3.44. The Morgan fingerprint density at radius 3 is 2.10 bits per heavy atom. The number of halogens is 1. The van der Waals surface area contributed by atoms with Gasteiger partial charge in [0.25, 0.3) is 0 Å². The maximum Gasteiger partial charge on any atom is 0.182 e. The zero-order valence-electron chi connectivity index (χ0n) is 17.8. The molecule has 0 unspecified atom stereocenters. The van der Waals surface area contributed by atoms with Crippen molar-refractivity contribution in [1.29, 1.82) is 0 Å². The van der Waals surface area contributed by atoms with Crippen molar-refractivity contribution in [2.45, 2.75) is 39.5 Å². The van der Waals surface area contributed by atoms with Gasteiger partial charge in [-0.25, -0.2) is 0 Å². The molecular weight excluding hydrogens is 444 g/mol. The van der Waals surface area contributed by atoms with Crippen LogP contribution >= 0.6 is 17.0 Å². The van der Waals surface area contributed by atoms with Crippen LogP contribution in [-0.4, -0.2) is 37.9 Å². The summed E-state index contributed by atoms with van der Waals surface area (Å²) in [6.07, 6.45) is 4.28. The quantitative estimate of drug-likeness (QED) is 0.458. The molecule has 0 saturated carbocycles. The summed E-state index contributed by atoms with van der Waals surface area (Å²) in [5, 5.41) is 0. The van der Waals surface area contributed by atoms with Crippen molar-refractivity contribution in [3.8, 4) is 11.5 Å². The number of hydrogen-bond donors (Lipinski definition) is 0. The third-order valence-corrected chi connectivity index (χ3v) is 4.91. The van der Waals surface area contributed by atoms with Gasteiger partial charge in [-0.05, 0) is 75.2 Å². The van der Waals surface area contributed by atoms with Gasteiger partial charge in [0, 0.05) is 24.2 Å². The summed E-state index contributed by atoms with van der Waals surface area (Å²) in [5.41, 5.74) is 1.65. The number of carbonyl (C=O) groups is 1. The molecule has 0 N–H and O–H groups in total. The highest BCUT2D eigenvalue weighted by atomic mass is 79.9. The zero-order valence-corrected chi connectivity index (χ0v) is 19.5. The van der Waals surface area contributed by atoms with Crippen LogP contribution in [0.1, 0.15) is 49.9 Å². The second kappa shape index (κ2) is 12.4. The van der Waals surface area contributed by atoms with Crippen molar-refractivity contribution in [2.75, 3.05) is 31.2 Å². The fourth-order valence-corrected chi connectivity index (χ4v) is 3.44. The van der Waals surface area contributed by atoms with Crippen molar-refractivity contribution < 1.29 is 14.3 Å². The average molecular weight is 475 g/mol. The largest absolute Gasteiger partial charge is 0.494 e. The molecule has 0 radical (unpaired) electrons. The van der Waals surface area contributed by atoms with Crippen LogP contribution < -0.4 is 14.4 Å². The molecule has 30 heavy (non-hydrogen) atoms. The molecule has 0 bridgehead atoms. The number of nitrogens with zero attached hydrogens (tertiary/aromatic N) is 2. The van der Waals surface area contributed by atoms with Crippen molar-refractivity contribution in [2.24, 2.45) is 4.99 Å². The number of ether oxygens (including phenoxy) is 2. The number of ketones is 1. The van der Waals surface area contributed by atoms with E-state index in [1.807, 2.05) is 62.4 Å². The van der Waals surface area contributed by atoms with Gasteiger partial charge in [-0.3, -0.25) is 9.79 Å². The third-order valence-electron chi connectivity index (χ3n) is 4.91. The van der Waals surface area contributed by atoms with E-state index in [4.69, 9.17) is 14.5 Å². The van der Waals surface area contributed by atoms with Gasteiger partial charge < -0.3 is 14.4 Å². The summed E-state index contributed by atoms with van der Waals surface area (Å²) in [6.45, 7) is 6.24. The maximum absolute atomic E-state index is 13.0. The zero-order chi connectivity index (χ0) is 20.5. The lowest BCUT2D eigenvalue weighted by atomic mass is 10.1. The van der Waals surface area contributed by atoms with Gasteiger partial charge in [0.05, 0.1) is 19.8 Å². The minimum absolute atomic E-state index is 0. The molecule has 162 valence electrons. The van der Waals surface area contributed by atoms with E-state index in [1.165, 1.54) is 6.42 Å². The van der Waals surface area contributed by atoms with E-state index in [2.05, 4.69) is 4.90 Å². The molecule has 0 amide bonds. The Hall–Kier alpha value is -2.34. The van der Waals surface area contributed by atoms with Crippen molar-refractivity contribution in [1.82, 2.24) is 0 Å². The molecule has 1 aliphatic heterocycles. The highest BCUT2D eigenvalue weighted by Gasteiger charge is 2.19. The van der Waals surface area contributed by atoms with E-state index >= 15 is 0 Å². The lowest BCUT2D eigenvalue weighted by molar-refractivity contribution is 0.100. The van der Waals surface area contributed by atoms with Crippen LogP contribution in [0.4, 0.5) is 5.69 Å². The smallest absolute Gasteiger partial charge is 0.182 e. The van der Waals surface area contributed by atoms with Crippen LogP contribution in [0.15, 0.2) is 53.5 Å². The molecule has 0 spiro atoms. The average Bonchev–Trinajstić information content (AvgIpc) is 3.03. The molecule has 0 atom stereocenters. The summed E-state index contributed by atoms with van der Waals surface area (Å²) in [6, 6.07) is 15.3. The third kappa shape index (κ3) is 6.59. The first-order valence-electron chi connectivity index (χ1n) is 10.5. The number of hydrogen-bond acceptors (Lipinski definition) is 5. The molecule has 0 saturated heterocycles. The summed E-state index contributed by atoms with van der Waals surface area (Å²) in [5.74, 6) is 2.66. The first-order valence-corrected chi connectivity index (χ1v) is 10.5. The Kier molecular flexibility index (Phi) is 9.87. The number of carbonyl (C=O) groups excluding carboxylic acids is 1.